The van der Waals surface area contributed by atoms with Crippen LogP contribution in [-0.2, 0) is 0 Å². The van der Waals surface area contributed by atoms with Crippen LogP contribution in [0.2, 0.25) is 10.0 Å². The highest BCUT2D eigenvalue weighted by molar-refractivity contribution is 7.08. The molecule has 0 aliphatic heterocycles. The van der Waals surface area contributed by atoms with E-state index in [1.807, 2.05) is 23.8 Å². The van der Waals surface area contributed by atoms with Crippen LogP contribution in [0.25, 0.3) is 5.82 Å². The maximum atomic E-state index is 13.9. The number of carbonyl (C=O) groups is 2. The van der Waals surface area contributed by atoms with Gasteiger partial charge >= 0.3 is 0 Å². The van der Waals surface area contributed by atoms with Gasteiger partial charge in [-0.15, -0.1) is 16.4 Å². The van der Waals surface area contributed by atoms with E-state index in [0.29, 0.717) is 50.4 Å². The van der Waals surface area contributed by atoms with Crippen LogP contribution in [0.4, 0.5) is 5.69 Å². The van der Waals surface area contributed by atoms with Crippen LogP contribution < -0.4 is 15.4 Å². The van der Waals surface area contributed by atoms with Gasteiger partial charge < -0.3 is 15.4 Å². The summed E-state index contributed by atoms with van der Waals surface area (Å²) in [7, 11) is 0. The first-order valence-corrected chi connectivity index (χ1v) is 15.8. The molecule has 4 aliphatic carbocycles. The Morgan fingerprint density at radius 3 is 2.45 bits per heavy atom. The molecule has 4 fully saturated rings. The van der Waals surface area contributed by atoms with E-state index in [2.05, 4.69) is 20.7 Å². The first kappa shape index (κ1) is 27.4. The van der Waals surface area contributed by atoms with Crippen LogP contribution in [0.3, 0.4) is 0 Å². The molecule has 8 nitrogen and oxygen atoms in total. The number of thiophene rings is 1. The number of anilines is 1. The molecule has 1 aromatic carbocycles. The van der Waals surface area contributed by atoms with Crippen molar-refractivity contribution in [2.45, 2.75) is 51.0 Å². The Hall–Kier alpha value is -3.40. The van der Waals surface area contributed by atoms with Gasteiger partial charge in [0, 0.05) is 28.2 Å². The highest BCUT2D eigenvalue weighted by Crippen LogP contribution is 2.55. The summed E-state index contributed by atoms with van der Waals surface area (Å²) in [6, 6.07) is 10.1. The van der Waals surface area contributed by atoms with Gasteiger partial charge in [-0.05, 0) is 104 Å². The van der Waals surface area contributed by atoms with Crippen molar-refractivity contribution < 1.29 is 14.3 Å². The van der Waals surface area contributed by atoms with E-state index in [0.717, 1.165) is 19.3 Å². The molecule has 4 aliphatic rings. The van der Waals surface area contributed by atoms with E-state index in [-0.39, 0.29) is 28.8 Å². The van der Waals surface area contributed by atoms with Crippen molar-refractivity contribution in [3.63, 3.8) is 0 Å². The number of aryl methyl sites for hydroxylation is 1. The van der Waals surface area contributed by atoms with Crippen LogP contribution in [0.5, 0.6) is 11.6 Å². The molecule has 216 valence electrons. The fourth-order valence-corrected chi connectivity index (χ4v) is 8.56. The fraction of sp³-hybridized carbons (Fsp3) is 0.355. The van der Waals surface area contributed by atoms with Gasteiger partial charge in [-0.25, -0.2) is 9.67 Å². The molecular formula is C31H29Cl2N5O3S. The topological polar surface area (TPSA) is 98.1 Å². The zero-order valence-corrected chi connectivity index (χ0v) is 25.2. The van der Waals surface area contributed by atoms with Crippen molar-refractivity contribution in [2.75, 3.05) is 5.32 Å². The Balaban J connectivity index is 1.21. The Kier molecular flexibility index (Phi) is 6.99. The summed E-state index contributed by atoms with van der Waals surface area (Å²) in [6.45, 7) is 1.82. The number of hydrogen-bond acceptors (Lipinski definition) is 6. The van der Waals surface area contributed by atoms with Gasteiger partial charge in [0.15, 0.2) is 5.82 Å². The molecule has 0 radical (unpaired) electrons. The van der Waals surface area contributed by atoms with E-state index in [9.17, 15) is 9.59 Å². The number of nitrogens with one attached hydrogen (secondary N) is 2. The Morgan fingerprint density at radius 2 is 1.79 bits per heavy atom. The molecule has 3 aromatic heterocycles. The number of nitrogens with zero attached hydrogens (tertiary/aromatic N) is 3. The number of benzene rings is 1. The van der Waals surface area contributed by atoms with Crippen molar-refractivity contribution in [2.24, 2.45) is 17.8 Å². The van der Waals surface area contributed by atoms with E-state index in [1.165, 1.54) is 41.3 Å². The lowest BCUT2D eigenvalue weighted by molar-refractivity contribution is -0.0166. The second-order valence-electron chi connectivity index (χ2n) is 11.9. The first-order valence-electron chi connectivity index (χ1n) is 14.1. The zero-order chi connectivity index (χ0) is 29.0. The Labute approximate surface area is 257 Å². The summed E-state index contributed by atoms with van der Waals surface area (Å²) in [6.07, 6.45) is 8.45. The number of pyridine rings is 1. The maximum absolute atomic E-state index is 13.9. The quantitative estimate of drug-likeness (QED) is 0.220. The second kappa shape index (κ2) is 10.7. The predicted molar refractivity (Wildman–Crippen MR) is 163 cm³/mol. The lowest BCUT2D eigenvalue weighted by atomic mass is 9.53. The number of rotatable bonds is 7. The molecule has 0 atom stereocenters. The second-order valence-corrected chi connectivity index (χ2v) is 13.5. The fourth-order valence-electron chi connectivity index (χ4n) is 7.53. The maximum Gasteiger partial charge on any atom is 0.274 e. The zero-order valence-electron chi connectivity index (χ0n) is 22.9. The molecule has 4 aromatic rings. The van der Waals surface area contributed by atoms with Gasteiger partial charge in [-0.2, -0.15) is 0 Å². The standard InChI is InChI=1S/C31H29Cl2N5O3S/c1-17-7-21(32)11-23(29(39)36-31-13-18-8-19(14-31)10-20(9-18)15-31)27(17)35-30(40)25-12-26(41-22-4-6-42-16-22)37-38(25)28-24(33)3-2-5-34-28/h2-7,11-12,16,18-20H,8-10,13-15H2,1H3,(H,35,40)(H,36,39). The largest absolute Gasteiger partial charge is 0.437 e. The number of hydrogen-bond donors (Lipinski definition) is 2. The number of carbonyl (C=O) groups excluding carboxylic acids is 2. The van der Waals surface area contributed by atoms with Crippen LogP contribution in [0, 0.1) is 24.7 Å². The summed E-state index contributed by atoms with van der Waals surface area (Å²) in [5.74, 6) is 2.40. The van der Waals surface area contributed by atoms with Crippen LogP contribution >= 0.6 is 34.5 Å². The summed E-state index contributed by atoms with van der Waals surface area (Å²) >= 11 is 14.4. The van der Waals surface area contributed by atoms with Gasteiger partial charge in [0.05, 0.1) is 16.3 Å². The van der Waals surface area contributed by atoms with Crippen molar-refractivity contribution >= 4 is 52.0 Å². The lowest BCUT2D eigenvalue weighted by Crippen LogP contribution is -2.59. The van der Waals surface area contributed by atoms with E-state index in [1.54, 1.807) is 30.5 Å². The molecule has 2 amide bonds. The van der Waals surface area contributed by atoms with Gasteiger partial charge in [-0.1, -0.05) is 23.2 Å². The third-order valence-electron chi connectivity index (χ3n) is 8.78. The van der Waals surface area contributed by atoms with E-state index in [4.69, 9.17) is 27.9 Å². The SMILES string of the molecule is Cc1cc(Cl)cc(C(=O)NC23CC4CC(CC(C4)C2)C3)c1NC(=O)c1cc(Oc2ccsc2)nn1-c1ncccc1Cl. The average Bonchev–Trinajstić information content (AvgIpc) is 3.59. The van der Waals surface area contributed by atoms with Crippen LogP contribution in [0.1, 0.15) is 64.9 Å². The minimum atomic E-state index is -0.501. The monoisotopic (exact) mass is 621 g/mol. The lowest BCUT2D eigenvalue weighted by Gasteiger charge is -2.56. The molecule has 11 heteroatoms. The van der Waals surface area contributed by atoms with Crippen LogP contribution in [0.15, 0.2) is 53.4 Å². The number of halogens is 2. The van der Waals surface area contributed by atoms with Gasteiger partial charge in [-0.3, -0.25) is 9.59 Å². The van der Waals surface area contributed by atoms with Crippen LogP contribution in [-0.4, -0.2) is 32.1 Å². The molecule has 42 heavy (non-hydrogen) atoms. The molecule has 0 unspecified atom stereocenters. The summed E-state index contributed by atoms with van der Waals surface area (Å²) in [5.41, 5.74) is 1.35. The number of ether oxygens (including phenoxy) is 1. The minimum absolute atomic E-state index is 0.141. The third-order valence-corrected chi connectivity index (χ3v) is 9.95. The van der Waals surface area contributed by atoms with Gasteiger partial charge in [0.1, 0.15) is 11.4 Å². The summed E-state index contributed by atoms with van der Waals surface area (Å²) in [5, 5.41) is 15.3. The summed E-state index contributed by atoms with van der Waals surface area (Å²) in [4.78, 5) is 32.1. The third kappa shape index (κ3) is 5.18. The Bertz CT molecular complexity index is 1650. The smallest absolute Gasteiger partial charge is 0.274 e. The highest BCUT2D eigenvalue weighted by Gasteiger charge is 2.51. The van der Waals surface area contributed by atoms with Gasteiger partial charge in [0.2, 0.25) is 5.88 Å². The molecular weight excluding hydrogens is 593 g/mol. The Morgan fingerprint density at radius 1 is 1.05 bits per heavy atom. The predicted octanol–water partition coefficient (Wildman–Crippen LogP) is 7.69. The van der Waals surface area contributed by atoms with E-state index < -0.39 is 5.91 Å². The molecule has 8 rings (SSSR count). The molecule has 4 saturated carbocycles. The highest BCUT2D eigenvalue weighted by atomic mass is 35.5. The van der Waals surface area contributed by atoms with Crippen molar-refractivity contribution in [3.8, 4) is 17.4 Å². The normalized spacial score (nSPS) is 24.0. The van der Waals surface area contributed by atoms with Crippen molar-refractivity contribution in [3.05, 3.63) is 80.2 Å². The van der Waals surface area contributed by atoms with E-state index >= 15 is 0 Å². The first-order chi connectivity index (χ1) is 20.2. The summed E-state index contributed by atoms with van der Waals surface area (Å²) < 4.78 is 7.23. The number of amides is 2. The molecule has 4 bridgehead atoms. The molecule has 2 N–H and O–H groups in total. The van der Waals surface area contributed by atoms with Gasteiger partial charge in [0.25, 0.3) is 11.8 Å². The molecule has 3 heterocycles. The molecule has 0 saturated heterocycles. The molecule has 0 spiro atoms. The average molecular weight is 623 g/mol. The number of aromatic nitrogens is 3. The van der Waals surface area contributed by atoms with Crippen molar-refractivity contribution in [1.82, 2.24) is 20.1 Å². The minimum Gasteiger partial charge on any atom is -0.437 e. The van der Waals surface area contributed by atoms with Crippen molar-refractivity contribution in [1.29, 1.82) is 0 Å².